The van der Waals surface area contributed by atoms with Gasteiger partial charge in [0.1, 0.15) is 6.54 Å². The fraction of sp³-hybridized carbons (Fsp3) is 0.318. The predicted octanol–water partition coefficient (Wildman–Crippen LogP) is 3.48. The van der Waals surface area contributed by atoms with Crippen molar-refractivity contribution in [2.75, 3.05) is 30.8 Å². The number of likely N-dealkylation sites (tertiary alicyclic amines) is 1. The third-order valence-corrected chi connectivity index (χ3v) is 6.28. The van der Waals surface area contributed by atoms with Crippen molar-refractivity contribution in [2.45, 2.75) is 23.8 Å². The van der Waals surface area contributed by atoms with Gasteiger partial charge in [0.15, 0.2) is 0 Å². The monoisotopic (exact) mass is 409 g/mol. The Kier molecular flexibility index (Phi) is 5.58. The molecule has 0 aliphatic carbocycles. The molecule has 0 spiro atoms. The Morgan fingerprint density at radius 3 is 2.24 bits per heavy atom. The van der Waals surface area contributed by atoms with E-state index in [0.29, 0.717) is 37.2 Å². The molecule has 2 aliphatic rings. The zero-order valence-electron chi connectivity index (χ0n) is 16.3. The molecule has 0 radical (unpaired) electrons. The van der Waals surface area contributed by atoms with Crippen molar-refractivity contribution in [3.05, 3.63) is 60.2 Å². The van der Waals surface area contributed by atoms with Crippen molar-refractivity contribution in [3.63, 3.8) is 0 Å². The van der Waals surface area contributed by atoms with E-state index in [1.807, 2.05) is 53.6 Å². The Morgan fingerprint density at radius 2 is 1.62 bits per heavy atom. The Balaban J connectivity index is 1.39. The molecule has 0 aromatic heterocycles. The van der Waals surface area contributed by atoms with E-state index in [9.17, 15) is 14.4 Å². The summed E-state index contributed by atoms with van der Waals surface area (Å²) in [5.41, 5.74) is 1.29. The molecule has 2 aromatic carbocycles. The number of hydrogen-bond acceptors (Lipinski definition) is 4. The summed E-state index contributed by atoms with van der Waals surface area (Å²) in [6, 6.07) is 16.4. The first-order valence-corrected chi connectivity index (χ1v) is 10.9. The van der Waals surface area contributed by atoms with Gasteiger partial charge in [-0.15, -0.1) is 11.8 Å². The molecule has 7 heteroatoms. The molecule has 0 N–H and O–H groups in total. The molecule has 6 nitrogen and oxygen atoms in total. The fourth-order valence-corrected chi connectivity index (χ4v) is 4.34. The van der Waals surface area contributed by atoms with E-state index < -0.39 is 0 Å². The van der Waals surface area contributed by atoms with Crippen molar-refractivity contribution in [1.29, 1.82) is 0 Å². The van der Waals surface area contributed by atoms with Crippen LogP contribution in [0.2, 0.25) is 0 Å². The summed E-state index contributed by atoms with van der Waals surface area (Å²) in [5.74, 6) is -0.181. The van der Waals surface area contributed by atoms with Gasteiger partial charge in [0.05, 0.1) is 5.69 Å². The summed E-state index contributed by atoms with van der Waals surface area (Å²) in [4.78, 5) is 43.9. The van der Waals surface area contributed by atoms with Crippen LogP contribution in [0.5, 0.6) is 0 Å². The third-order valence-electron chi connectivity index (χ3n) is 5.54. The van der Waals surface area contributed by atoms with E-state index in [1.54, 1.807) is 28.8 Å². The van der Waals surface area contributed by atoms with Crippen LogP contribution in [0.1, 0.15) is 23.2 Å². The number of benzene rings is 2. The lowest BCUT2D eigenvalue weighted by Crippen LogP contribution is -2.48. The van der Waals surface area contributed by atoms with Crippen LogP contribution >= 0.6 is 11.8 Å². The second-order valence-electron chi connectivity index (χ2n) is 7.23. The molecule has 0 bridgehead atoms. The number of carbonyl (C=O) groups is 3. The summed E-state index contributed by atoms with van der Waals surface area (Å²) >= 11 is 1.64. The van der Waals surface area contributed by atoms with Gasteiger partial charge in [0, 0.05) is 29.6 Å². The van der Waals surface area contributed by atoms with Crippen molar-refractivity contribution in [1.82, 2.24) is 9.80 Å². The summed E-state index contributed by atoms with van der Waals surface area (Å²) in [6.07, 6.45) is 3.36. The molecule has 29 heavy (non-hydrogen) atoms. The Morgan fingerprint density at radius 1 is 0.966 bits per heavy atom. The second kappa shape index (κ2) is 8.29. The summed E-state index contributed by atoms with van der Waals surface area (Å²) in [5, 5.41) is 0. The van der Waals surface area contributed by atoms with Gasteiger partial charge in [-0.3, -0.25) is 9.59 Å². The zero-order chi connectivity index (χ0) is 20.4. The first kappa shape index (κ1) is 19.5. The Hall–Kier alpha value is -2.80. The van der Waals surface area contributed by atoms with Gasteiger partial charge in [-0.1, -0.05) is 18.2 Å². The van der Waals surface area contributed by atoms with E-state index in [4.69, 9.17) is 0 Å². The number of hydrogen-bond donors (Lipinski definition) is 0. The minimum Gasteiger partial charge on any atom is -0.338 e. The molecule has 2 fully saturated rings. The number of carbonyl (C=O) groups excluding carboxylic acids is 3. The summed E-state index contributed by atoms with van der Waals surface area (Å²) in [6.45, 7) is 1.26. The Labute approximate surface area is 174 Å². The minimum absolute atomic E-state index is 0.0193. The number of urea groups is 1. The smallest absolute Gasteiger partial charge is 0.332 e. The molecule has 0 unspecified atom stereocenters. The third kappa shape index (κ3) is 3.87. The SMILES string of the molecule is CSc1ccc(C(=O)N2CCC(N3CC(=O)N(c4ccccc4)C3=O)CC2)cc1. The lowest BCUT2D eigenvalue weighted by Gasteiger charge is -2.36. The minimum atomic E-state index is -0.265. The van der Waals surface area contributed by atoms with Gasteiger partial charge in [0.25, 0.3) is 11.8 Å². The van der Waals surface area contributed by atoms with Gasteiger partial charge < -0.3 is 9.80 Å². The van der Waals surface area contributed by atoms with Crippen LogP contribution < -0.4 is 4.90 Å². The molecular formula is C22H23N3O3S. The lowest BCUT2D eigenvalue weighted by molar-refractivity contribution is -0.116. The molecule has 0 atom stereocenters. The maximum Gasteiger partial charge on any atom is 0.332 e. The first-order chi connectivity index (χ1) is 14.1. The highest BCUT2D eigenvalue weighted by molar-refractivity contribution is 7.98. The number of anilines is 1. The van der Waals surface area contributed by atoms with Gasteiger partial charge in [-0.05, 0) is 55.5 Å². The van der Waals surface area contributed by atoms with Gasteiger partial charge in [-0.25, -0.2) is 9.69 Å². The quantitative estimate of drug-likeness (QED) is 0.573. The standard InChI is InChI=1S/C22H23N3O3S/c1-29-19-9-7-16(8-10-19)21(27)23-13-11-17(12-14-23)24-15-20(26)25(22(24)28)18-5-3-2-4-6-18/h2-10,17H,11-15H2,1H3. The number of amides is 4. The number of thioether (sulfide) groups is 1. The number of nitrogens with zero attached hydrogens (tertiary/aromatic N) is 3. The number of imide groups is 1. The average Bonchev–Trinajstić information content (AvgIpc) is 3.08. The summed E-state index contributed by atoms with van der Waals surface area (Å²) in [7, 11) is 0. The highest BCUT2D eigenvalue weighted by atomic mass is 32.2. The van der Waals surface area contributed by atoms with Crippen LogP contribution in [-0.2, 0) is 4.79 Å². The van der Waals surface area contributed by atoms with Gasteiger partial charge in [-0.2, -0.15) is 0 Å². The molecule has 2 aromatic rings. The van der Waals surface area contributed by atoms with Crippen LogP contribution in [-0.4, -0.2) is 59.6 Å². The number of rotatable bonds is 4. The molecule has 4 amide bonds. The number of piperidine rings is 1. The predicted molar refractivity (Wildman–Crippen MR) is 113 cm³/mol. The largest absolute Gasteiger partial charge is 0.338 e. The maximum atomic E-state index is 12.9. The number of para-hydroxylation sites is 1. The zero-order valence-corrected chi connectivity index (χ0v) is 17.1. The Bertz CT molecular complexity index is 909. The topological polar surface area (TPSA) is 60.9 Å². The van der Waals surface area contributed by atoms with Crippen LogP contribution in [0, 0.1) is 0 Å². The van der Waals surface area contributed by atoms with Crippen LogP contribution in [0.4, 0.5) is 10.5 Å². The van der Waals surface area contributed by atoms with Gasteiger partial charge >= 0.3 is 6.03 Å². The fourth-order valence-electron chi connectivity index (χ4n) is 3.93. The van der Waals surface area contributed by atoms with Crippen molar-refractivity contribution in [3.8, 4) is 0 Å². The lowest BCUT2D eigenvalue weighted by atomic mass is 10.0. The van der Waals surface area contributed by atoms with Crippen LogP contribution in [0.15, 0.2) is 59.5 Å². The average molecular weight is 410 g/mol. The highest BCUT2D eigenvalue weighted by Gasteiger charge is 2.41. The van der Waals surface area contributed by atoms with Crippen LogP contribution in [0.3, 0.4) is 0 Å². The van der Waals surface area contributed by atoms with E-state index in [-0.39, 0.29) is 30.4 Å². The van der Waals surface area contributed by atoms with E-state index in [0.717, 1.165) is 4.90 Å². The van der Waals surface area contributed by atoms with E-state index >= 15 is 0 Å². The molecule has 2 heterocycles. The highest BCUT2D eigenvalue weighted by Crippen LogP contribution is 2.27. The van der Waals surface area contributed by atoms with Crippen LogP contribution in [0.25, 0.3) is 0 Å². The van der Waals surface area contributed by atoms with Gasteiger partial charge in [0.2, 0.25) is 0 Å². The molecule has 0 saturated carbocycles. The summed E-state index contributed by atoms with van der Waals surface area (Å²) < 4.78 is 0. The van der Waals surface area contributed by atoms with Crippen molar-refractivity contribution < 1.29 is 14.4 Å². The van der Waals surface area contributed by atoms with Crippen molar-refractivity contribution in [2.24, 2.45) is 0 Å². The molecule has 2 aliphatic heterocycles. The molecule has 2 saturated heterocycles. The van der Waals surface area contributed by atoms with E-state index in [2.05, 4.69) is 0 Å². The first-order valence-electron chi connectivity index (χ1n) is 9.70. The van der Waals surface area contributed by atoms with Crippen molar-refractivity contribution >= 4 is 35.3 Å². The van der Waals surface area contributed by atoms with E-state index in [1.165, 1.54) is 4.90 Å². The second-order valence-corrected chi connectivity index (χ2v) is 8.11. The normalized spacial score (nSPS) is 17.9. The molecule has 150 valence electrons. The molecule has 4 rings (SSSR count). The molecular weight excluding hydrogens is 386 g/mol. The maximum absolute atomic E-state index is 12.9.